The maximum absolute atomic E-state index is 12.2. The van der Waals surface area contributed by atoms with Crippen molar-refractivity contribution in [2.45, 2.75) is 26.8 Å². The number of rotatable bonds is 5. The first kappa shape index (κ1) is 17.7. The lowest BCUT2D eigenvalue weighted by Gasteiger charge is -2.09. The molecular formula is C20H23N5O. The van der Waals surface area contributed by atoms with E-state index in [9.17, 15) is 4.79 Å². The first-order chi connectivity index (χ1) is 12.5. The molecule has 6 nitrogen and oxygen atoms in total. The Hall–Kier alpha value is -3.15. The van der Waals surface area contributed by atoms with E-state index in [0.29, 0.717) is 0 Å². The van der Waals surface area contributed by atoms with Crippen LogP contribution >= 0.6 is 0 Å². The Labute approximate surface area is 153 Å². The molecule has 0 saturated carbocycles. The Bertz CT molecular complexity index is 937. The second kappa shape index (κ2) is 7.39. The second-order valence-electron chi connectivity index (χ2n) is 6.32. The van der Waals surface area contributed by atoms with Gasteiger partial charge in [0.05, 0.1) is 23.6 Å². The Balaban J connectivity index is 1.66. The molecule has 2 aromatic heterocycles. The largest absolute Gasteiger partial charge is 0.343 e. The van der Waals surface area contributed by atoms with E-state index in [1.807, 2.05) is 62.8 Å². The molecule has 0 aliphatic carbocycles. The smallest absolute Gasteiger partial charge is 0.244 e. The molecule has 1 amide bonds. The summed E-state index contributed by atoms with van der Waals surface area (Å²) in [6.45, 7) is 5.81. The number of carbonyl (C=O) groups is 1. The summed E-state index contributed by atoms with van der Waals surface area (Å²) in [7, 11) is 1.89. The summed E-state index contributed by atoms with van der Waals surface area (Å²) >= 11 is 0. The third kappa shape index (κ3) is 3.74. The molecule has 26 heavy (non-hydrogen) atoms. The molecule has 0 unspecified atom stereocenters. The van der Waals surface area contributed by atoms with Gasteiger partial charge in [-0.3, -0.25) is 9.48 Å². The summed E-state index contributed by atoms with van der Waals surface area (Å²) < 4.78 is 1.81. The molecule has 2 N–H and O–H groups in total. The zero-order valence-corrected chi connectivity index (χ0v) is 15.4. The molecule has 3 aromatic rings. The number of aryl methyl sites for hydroxylation is 2. The van der Waals surface area contributed by atoms with Crippen LogP contribution in [0.2, 0.25) is 0 Å². The van der Waals surface area contributed by atoms with Crippen molar-refractivity contribution in [2.75, 3.05) is 0 Å². The molecule has 134 valence electrons. The monoisotopic (exact) mass is 349 g/mol. The van der Waals surface area contributed by atoms with Gasteiger partial charge in [-0.1, -0.05) is 30.3 Å². The van der Waals surface area contributed by atoms with Crippen molar-refractivity contribution in [3.05, 3.63) is 65.4 Å². The number of nitrogens with zero attached hydrogens (tertiary/aromatic N) is 3. The molecule has 0 aliphatic rings. The van der Waals surface area contributed by atoms with Gasteiger partial charge in [0, 0.05) is 24.4 Å². The predicted molar refractivity (Wildman–Crippen MR) is 102 cm³/mol. The summed E-state index contributed by atoms with van der Waals surface area (Å²) in [6.07, 6.45) is 5.12. The van der Waals surface area contributed by atoms with Crippen LogP contribution in [0.3, 0.4) is 0 Å². The van der Waals surface area contributed by atoms with Gasteiger partial charge in [0.1, 0.15) is 5.82 Å². The van der Waals surface area contributed by atoms with Crippen LogP contribution in [0.25, 0.3) is 17.3 Å². The number of carbonyl (C=O) groups excluding carboxylic acids is 1. The van der Waals surface area contributed by atoms with Gasteiger partial charge in [-0.05, 0) is 32.4 Å². The number of hydrogen-bond donors (Lipinski definition) is 2. The van der Waals surface area contributed by atoms with Crippen molar-refractivity contribution in [1.82, 2.24) is 25.1 Å². The Morgan fingerprint density at radius 3 is 2.65 bits per heavy atom. The second-order valence-corrected chi connectivity index (χ2v) is 6.32. The molecule has 3 rings (SSSR count). The first-order valence-electron chi connectivity index (χ1n) is 8.55. The van der Waals surface area contributed by atoms with E-state index < -0.39 is 0 Å². The quantitative estimate of drug-likeness (QED) is 0.694. The summed E-state index contributed by atoms with van der Waals surface area (Å²) in [5.74, 6) is 0.553. The molecule has 0 saturated heterocycles. The topological polar surface area (TPSA) is 75.6 Å². The zero-order valence-electron chi connectivity index (χ0n) is 15.4. The standard InChI is InChI=1S/C20H23N5O/c1-13-17(15(3)25(4)24-13)10-11-19(26)22-14(2)20-21-12-18(23-20)16-8-6-5-7-9-16/h5-12,14H,1-4H3,(H,21,23)(H,22,26)/b11-10+/t14-/m1/s1. The van der Waals surface area contributed by atoms with E-state index in [2.05, 4.69) is 20.4 Å². The third-order valence-corrected chi connectivity index (χ3v) is 4.42. The molecule has 1 atom stereocenters. The Kier molecular flexibility index (Phi) is 5.02. The molecule has 0 radical (unpaired) electrons. The predicted octanol–water partition coefficient (Wildman–Crippen LogP) is 3.32. The molecule has 0 aliphatic heterocycles. The molecule has 2 heterocycles. The minimum Gasteiger partial charge on any atom is -0.343 e. The van der Waals surface area contributed by atoms with E-state index in [-0.39, 0.29) is 11.9 Å². The number of amides is 1. The van der Waals surface area contributed by atoms with E-state index in [0.717, 1.165) is 34.0 Å². The van der Waals surface area contributed by atoms with Crippen molar-refractivity contribution >= 4 is 12.0 Å². The minimum absolute atomic E-state index is 0.169. The van der Waals surface area contributed by atoms with Gasteiger partial charge in [0.2, 0.25) is 5.91 Å². The molecular weight excluding hydrogens is 326 g/mol. The SMILES string of the molecule is Cc1nn(C)c(C)c1/C=C/C(=O)N[C@H](C)c1ncc(-c2ccccc2)[nH]1. The van der Waals surface area contributed by atoms with Crippen LogP contribution in [-0.4, -0.2) is 25.7 Å². The van der Waals surface area contributed by atoms with Crippen LogP contribution in [-0.2, 0) is 11.8 Å². The van der Waals surface area contributed by atoms with Gasteiger partial charge in [-0.2, -0.15) is 5.10 Å². The van der Waals surface area contributed by atoms with E-state index in [1.54, 1.807) is 12.3 Å². The molecule has 0 fully saturated rings. The Morgan fingerprint density at radius 1 is 1.27 bits per heavy atom. The molecule has 6 heteroatoms. The highest BCUT2D eigenvalue weighted by molar-refractivity contribution is 5.92. The highest BCUT2D eigenvalue weighted by atomic mass is 16.1. The van der Waals surface area contributed by atoms with Crippen molar-refractivity contribution in [3.63, 3.8) is 0 Å². The van der Waals surface area contributed by atoms with Crippen LogP contribution in [0.1, 0.15) is 35.7 Å². The van der Waals surface area contributed by atoms with E-state index in [1.165, 1.54) is 6.08 Å². The maximum Gasteiger partial charge on any atom is 0.244 e. The highest BCUT2D eigenvalue weighted by Crippen LogP contribution is 2.19. The highest BCUT2D eigenvalue weighted by Gasteiger charge is 2.13. The lowest BCUT2D eigenvalue weighted by Crippen LogP contribution is -2.25. The van der Waals surface area contributed by atoms with Crippen LogP contribution in [0.4, 0.5) is 0 Å². The van der Waals surface area contributed by atoms with Gasteiger partial charge in [0.25, 0.3) is 0 Å². The number of nitrogens with one attached hydrogen (secondary N) is 2. The first-order valence-corrected chi connectivity index (χ1v) is 8.55. The van der Waals surface area contributed by atoms with Gasteiger partial charge in [-0.15, -0.1) is 0 Å². The zero-order chi connectivity index (χ0) is 18.7. The van der Waals surface area contributed by atoms with Crippen LogP contribution < -0.4 is 5.32 Å². The molecule has 1 aromatic carbocycles. The van der Waals surface area contributed by atoms with Crippen molar-refractivity contribution < 1.29 is 4.79 Å². The normalized spacial score (nSPS) is 12.5. The maximum atomic E-state index is 12.2. The number of aromatic nitrogens is 4. The van der Waals surface area contributed by atoms with Gasteiger partial charge >= 0.3 is 0 Å². The van der Waals surface area contributed by atoms with Crippen LogP contribution in [0, 0.1) is 13.8 Å². The summed E-state index contributed by atoms with van der Waals surface area (Å²) in [4.78, 5) is 19.9. The molecule has 0 spiro atoms. The van der Waals surface area contributed by atoms with Crippen molar-refractivity contribution in [3.8, 4) is 11.3 Å². The summed E-state index contributed by atoms with van der Waals surface area (Å²) in [5.41, 5.74) is 4.89. The lowest BCUT2D eigenvalue weighted by molar-refractivity contribution is -0.117. The van der Waals surface area contributed by atoms with E-state index in [4.69, 9.17) is 0 Å². The number of H-pyrrole nitrogens is 1. The fraction of sp³-hybridized carbons (Fsp3) is 0.250. The fourth-order valence-electron chi connectivity index (χ4n) is 2.84. The van der Waals surface area contributed by atoms with E-state index >= 15 is 0 Å². The number of hydrogen-bond acceptors (Lipinski definition) is 3. The fourth-order valence-corrected chi connectivity index (χ4v) is 2.84. The molecule has 0 bridgehead atoms. The van der Waals surface area contributed by atoms with Crippen molar-refractivity contribution in [2.24, 2.45) is 7.05 Å². The third-order valence-electron chi connectivity index (χ3n) is 4.42. The van der Waals surface area contributed by atoms with Gasteiger partial charge < -0.3 is 10.3 Å². The number of aromatic amines is 1. The lowest BCUT2D eigenvalue weighted by atomic mass is 10.2. The summed E-state index contributed by atoms with van der Waals surface area (Å²) in [6, 6.07) is 9.74. The average Bonchev–Trinajstić information content (AvgIpc) is 3.20. The van der Waals surface area contributed by atoms with Crippen LogP contribution in [0.15, 0.2) is 42.6 Å². The summed E-state index contributed by atoms with van der Waals surface area (Å²) in [5, 5.41) is 7.28. The van der Waals surface area contributed by atoms with Gasteiger partial charge in [0.15, 0.2) is 0 Å². The minimum atomic E-state index is -0.222. The number of imidazole rings is 1. The van der Waals surface area contributed by atoms with Crippen molar-refractivity contribution in [1.29, 1.82) is 0 Å². The van der Waals surface area contributed by atoms with Gasteiger partial charge in [-0.25, -0.2) is 4.98 Å². The number of benzene rings is 1. The Morgan fingerprint density at radius 2 is 2.00 bits per heavy atom. The average molecular weight is 349 g/mol. The van der Waals surface area contributed by atoms with Crippen LogP contribution in [0.5, 0.6) is 0 Å².